The van der Waals surface area contributed by atoms with Crippen molar-refractivity contribution in [3.8, 4) is 0 Å². The predicted molar refractivity (Wildman–Crippen MR) is 105 cm³/mol. The fraction of sp³-hybridized carbons (Fsp3) is 0.333. The van der Waals surface area contributed by atoms with Gasteiger partial charge in [-0.25, -0.2) is 8.42 Å². The summed E-state index contributed by atoms with van der Waals surface area (Å²) in [6.45, 7) is 0.856. The minimum absolute atomic E-state index is 0.0993. The van der Waals surface area contributed by atoms with Crippen LogP contribution in [-0.4, -0.2) is 74.1 Å². The van der Waals surface area contributed by atoms with E-state index in [1.165, 1.54) is 28.6 Å². The van der Waals surface area contributed by atoms with Crippen molar-refractivity contribution in [1.82, 2.24) is 14.1 Å². The summed E-state index contributed by atoms with van der Waals surface area (Å²) in [5.41, 5.74) is 0. The van der Waals surface area contributed by atoms with Gasteiger partial charge >= 0.3 is 0 Å². The highest BCUT2D eigenvalue weighted by Gasteiger charge is 2.31. The van der Waals surface area contributed by atoms with Crippen LogP contribution in [0.25, 0.3) is 0 Å². The number of carbonyl (C=O) groups is 2. The molecular weight excluding hydrogens is 450 g/mol. The first-order chi connectivity index (χ1) is 13.3. The molecule has 0 aliphatic carbocycles. The molecular formula is C18H20BrN3O5S. The molecule has 0 spiro atoms. The number of rotatable bonds is 5. The number of amides is 2. The minimum atomic E-state index is -3.61. The van der Waals surface area contributed by atoms with Crippen LogP contribution in [-0.2, 0) is 14.8 Å². The Bertz CT molecular complexity index is 953. The quantitative estimate of drug-likeness (QED) is 0.663. The first kappa shape index (κ1) is 20.6. The fourth-order valence-corrected chi connectivity index (χ4v) is 4.94. The van der Waals surface area contributed by atoms with Crippen molar-refractivity contribution in [3.63, 3.8) is 0 Å². The Kier molecular flexibility index (Phi) is 6.21. The number of likely N-dealkylation sites (N-methyl/N-ethyl adjacent to an activating group) is 1. The summed E-state index contributed by atoms with van der Waals surface area (Å²) in [4.78, 5) is 27.7. The summed E-state index contributed by atoms with van der Waals surface area (Å²) >= 11 is 3.28. The fourth-order valence-electron chi connectivity index (χ4n) is 2.92. The van der Waals surface area contributed by atoms with Crippen LogP contribution >= 0.6 is 15.9 Å². The van der Waals surface area contributed by atoms with Gasteiger partial charge in [-0.15, -0.1) is 0 Å². The summed E-state index contributed by atoms with van der Waals surface area (Å²) < 4.78 is 32.6. The number of halogens is 1. The molecule has 0 saturated carbocycles. The lowest BCUT2D eigenvalue weighted by Gasteiger charge is -2.34. The van der Waals surface area contributed by atoms with E-state index in [0.717, 1.165) is 0 Å². The predicted octanol–water partition coefficient (Wildman–Crippen LogP) is 1.65. The van der Waals surface area contributed by atoms with E-state index >= 15 is 0 Å². The topological polar surface area (TPSA) is 91.1 Å². The van der Waals surface area contributed by atoms with Gasteiger partial charge in [0.25, 0.3) is 5.91 Å². The molecule has 0 bridgehead atoms. The molecule has 1 aromatic heterocycles. The highest BCUT2D eigenvalue weighted by atomic mass is 79.9. The van der Waals surface area contributed by atoms with Crippen LogP contribution in [0.5, 0.6) is 0 Å². The van der Waals surface area contributed by atoms with Gasteiger partial charge in [-0.05, 0) is 30.3 Å². The van der Waals surface area contributed by atoms with Crippen molar-refractivity contribution in [2.75, 3.05) is 39.8 Å². The Morgan fingerprint density at radius 1 is 1.14 bits per heavy atom. The van der Waals surface area contributed by atoms with E-state index in [-0.39, 0.29) is 55.2 Å². The number of sulfonamides is 1. The van der Waals surface area contributed by atoms with Gasteiger partial charge in [0.2, 0.25) is 15.9 Å². The smallest absolute Gasteiger partial charge is 0.289 e. The van der Waals surface area contributed by atoms with E-state index in [2.05, 4.69) is 15.9 Å². The average Bonchev–Trinajstić information content (AvgIpc) is 3.22. The molecule has 2 heterocycles. The number of benzene rings is 1. The van der Waals surface area contributed by atoms with E-state index in [9.17, 15) is 18.0 Å². The number of hydrogen-bond donors (Lipinski definition) is 0. The first-order valence-electron chi connectivity index (χ1n) is 8.61. The molecule has 0 N–H and O–H groups in total. The van der Waals surface area contributed by atoms with Crippen LogP contribution in [0.3, 0.4) is 0 Å². The Labute approximate surface area is 171 Å². The van der Waals surface area contributed by atoms with Gasteiger partial charge in [0.05, 0.1) is 17.7 Å². The lowest BCUT2D eigenvalue weighted by Crippen LogP contribution is -2.52. The Morgan fingerprint density at radius 2 is 1.86 bits per heavy atom. The van der Waals surface area contributed by atoms with Gasteiger partial charge in [-0.1, -0.05) is 22.0 Å². The van der Waals surface area contributed by atoms with Gasteiger partial charge in [0.1, 0.15) is 0 Å². The zero-order chi connectivity index (χ0) is 20.3. The molecule has 1 aromatic carbocycles. The highest BCUT2D eigenvalue weighted by Crippen LogP contribution is 2.21. The standard InChI is InChI=1S/C18H20BrN3O5S/c1-20(18(24)16-6-3-11-27-16)13-17(23)21-7-9-22(10-8-21)28(25,26)15-5-2-4-14(19)12-15/h2-6,11-12H,7-10,13H2,1H3. The molecule has 3 rings (SSSR count). The normalized spacial score (nSPS) is 15.4. The van der Waals surface area contributed by atoms with E-state index in [4.69, 9.17) is 4.42 Å². The second-order valence-corrected chi connectivity index (χ2v) is 9.23. The molecule has 28 heavy (non-hydrogen) atoms. The molecule has 0 atom stereocenters. The lowest BCUT2D eigenvalue weighted by molar-refractivity contribution is -0.132. The Balaban J connectivity index is 1.57. The molecule has 1 aliphatic rings. The summed E-state index contributed by atoms with van der Waals surface area (Å²) in [7, 11) is -2.09. The molecule has 1 saturated heterocycles. The number of furan rings is 1. The van der Waals surface area contributed by atoms with Crippen LogP contribution in [0.1, 0.15) is 10.6 Å². The monoisotopic (exact) mass is 469 g/mol. The molecule has 1 aliphatic heterocycles. The molecule has 1 fully saturated rings. The highest BCUT2D eigenvalue weighted by molar-refractivity contribution is 9.10. The van der Waals surface area contributed by atoms with Gasteiger partial charge in [0, 0.05) is 37.7 Å². The summed E-state index contributed by atoms with van der Waals surface area (Å²) in [6.07, 6.45) is 1.40. The zero-order valence-electron chi connectivity index (χ0n) is 15.2. The SMILES string of the molecule is CN(CC(=O)N1CCN(S(=O)(=O)c2cccc(Br)c2)CC1)C(=O)c1ccco1. The van der Waals surface area contributed by atoms with E-state index in [0.29, 0.717) is 4.47 Å². The molecule has 2 amide bonds. The molecule has 2 aromatic rings. The maximum atomic E-state index is 12.8. The third-order valence-electron chi connectivity index (χ3n) is 4.48. The van der Waals surface area contributed by atoms with Gasteiger partial charge < -0.3 is 14.2 Å². The van der Waals surface area contributed by atoms with Crippen molar-refractivity contribution in [2.45, 2.75) is 4.90 Å². The zero-order valence-corrected chi connectivity index (χ0v) is 17.6. The molecule has 150 valence electrons. The third kappa shape index (κ3) is 4.45. The maximum Gasteiger partial charge on any atom is 0.289 e. The second-order valence-electron chi connectivity index (χ2n) is 6.38. The van der Waals surface area contributed by atoms with Gasteiger partial charge in [-0.3, -0.25) is 9.59 Å². The lowest BCUT2D eigenvalue weighted by atomic mass is 10.3. The Morgan fingerprint density at radius 3 is 2.46 bits per heavy atom. The summed E-state index contributed by atoms with van der Waals surface area (Å²) in [6, 6.07) is 9.68. The van der Waals surface area contributed by atoms with Gasteiger partial charge in [-0.2, -0.15) is 4.31 Å². The summed E-state index contributed by atoms with van der Waals surface area (Å²) in [5, 5.41) is 0. The van der Waals surface area contributed by atoms with E-state index in [1.807, 2.05) is 0 Å². The van der Waals surface area contributed by atoms with E-state index in [1.54, 1.807) is 35.2 Å². The molecule has 8 nitrogen and oxygen atoms in total. The van der Waals surface area contributed by atoms with E-state index < -0.39 is 10.0 Å². The first-order valence-corrected chi connectivity index (χ1v) is 10.8. The third-order valence-corrected chi connectivity index (χ3v) is 6.86. The molecule has 0 unspecified atom stereocenters. The maximum absolute atomic E-state index is 12.8. The number of nitrogens with zero attached hydrogens (tertiary/aromatic N) is 3. The van der Waals surface area contributed by atoms with Crippen LogP contribution in [0, 0.1) is 0 Å². The van der Waals surface area contributed by atoms with Crippen molar-refractivity contribution >= 4 is 37.8 Å². The largest absolute Gasteiger partial charge is 0.459 e. The number of hydrogen-bond acceptors (Lipinski definition) is 5. The van der Waals surface area contributed by atoms with Crippen molar-refractivity contribution < 1.29 is 22.4 Å². The minimum Gasteiger partial charge on any atom is -0.459 e. The van der Waals surface area contributed by atoms with Crippen molar-refractivity contribution in [1.29, 1.82) is 0 Å². The van der Waals surface area contributed by atoms with Crippen molar-refractivity contribution in [3.05, 3.63) is 52.9 Å². The van der Waals surface area contributed by atoms with Gasteiger partial charge in [0.15, 0.2) is 5.76 Å². The summed E-state index contributed by atoms with van der Waals surface area (Å²) in [5.74, 6) is -0.448. The average molecular weight is 470 g/mol. The van der Waals surface area contributed by atoms with Crippen LogP contribution in [0.15, 0.2) is 56.4 Å². The van der Waals surface area contributed by atoms with Crippen LogP contribution in [0.2, 0.25) is 0 Å². The number of carbonyl (C=O) groups excluding carboxylic acids is 2. The molecule has 10 heteroatoms. The van der Waals surface area contributed by atoms with Crippen LogP contribution in [0.4, 0.5) is 0 Å². The Hall–Kier alpha value is -2.17. The van der Waals surface area contributed by atoms with Crippen LogP contribution < -0.4 is 0 Å². The number of piperazine rings is 1. The molecule has 0 radical (unpaired) electrons. The van der Waals surface area contributed by atoms with Crippen molar-refractivity contribution in [2.24, 2.45) is 0 Å². The second kappa shape index (κ2) is 8.46.